The van der Waals surface area contributed by atoms with Crippen molar-refractivity contribution < 1.29 is 0 Å². The van der Waals surface area contributed by atoms with Gasteiger partial charge in [0.05, 0.1) is 5.70 Å². The Kier molecular flexibility index (Phi) is 4.80. The topological polar surface area (TPSA) is 24.4 Å². The maximum absolute atomic E-state index is 3.90. The Balaban J connectivity index is 2.58. The normalized spacial score (nSPS) is 11.4. The summed E-state index contributed by atoms with van der Waals surface area (Å²) in [4.78, 5) is 3.84. The third-order valence-electron chi connectivity index (χ3n) is 2.01. The zero-order valence-electron chi connectivity index (χ0n) is 9.48. The third-order valence-corrected chi connectivity index (χ3v) is 2.01. The Bertz CT molecular complexity index is 414. The van der Waals surface area contributed by atoms with Crippen molar-refractivity contribution in [3.63, 3.8) is 0 Å². The second-order valence-electron chi connectivity index (χ2n) is 3.22. The van der Waals surface area contributed by atoms with Crippen LogP contribution in [0.15, 0.2) is 71.5 Å². The molecule has 0 saturated carbocycles. The Morgan fingerprint density at radius 1 is 1.25 bits per heavy atom. The molecule has 82 valence electrons. The fraction of sp³-hybridized carbons (Fsp3) is 0.0714. The van der Waals surface area contributed by atoms with E-state index in [2.05, 4.69) is 23.6 Å². The molecule has 0 unspecified atom stereocenters. The molecule has 0 radical (unpaired) electrons. The minimum atomic E-state index is 0.814. The molecule has 0 aliphatic rings. The predicted octanol–water partition coefficient (Wildman–Crippen LogP) is 3.77. The van der Waals surface area contributed by atoms with E-state index in [1.54, 1.807) is 0 Å². The lowest BCUT2D eigenvalue weighted by atomic mass is 10.3. The number of allylic oxidation sites excluding steroid dienone is 3. The Morgan fingerprint density at radius 2 is 1.94 bits per heavy atom. The quantitative estimate of drug-likeness (QED) is 0.583. The number of para-hydroxylation sites is 1. The zero-order valence-corrected chi connectivity index (χ0v) is 9.48. The molecule has 0 aromatic heterocycles. The van der Waals surface area contributed by atoms with E-state index in [1.165, 1.54) is 0 Å². The highest BCUT2D eigenvalue weighted by molar-refractivity contribution is 5.50. The van der Waals surface area contributed by atoms with Gasteiger partial charge in [-0.05, 0) is 37.9 Å². The van der Waals surface area contributed by atoms with Crippen LogP contribution in [0, 0.1) is 0 Å². The zero-order chi connectivity index (χ0) is 11.8. The van der Waals surface area contributed by atoms with Gasteiger partial charge in [0, 0.05) is 11.4 Å². The van der Waals surface area contributed by atoms with E-state index in [1.807, 2.05) is 55.5 Å². The van der Waals surface area contributed by atoms with Crippen LogP contribution >= 0.6 is 0 Å². The van der Waals surface area contributed by atoms with E-state index in [-0.39, 0.29) is 0 Å². The molecule has 2 heteroatoms. The first-order chi connectivity index (χ1) is 7.76. The summed E-state index contributed by atoms with van der Waals surface area (Å²) in [5.74, 6) is 0. The summed E-state index contributed by atoms with van der Waals surface area (Å²) in [5, 5.41) is 3.17. The van der Waals surface area contributed by atoms with Crippen molar-refractivity contribution in [2.45, 2.75) is 6.92 Å². The lowest BCUT2D eigenvalue weighted by Crippen LogP contribution is -1.94. The first kappa shape index (κ1) is 12.0. The SMILES string of the molecule is C=NC(/C=C\C(=C)Nc1ccccc1)=C/C. The summed E-state index contributed by atoms with van der Waals surface area (Å²) in [6.45, 7) is 9.30. The highest BCUT2D eigenvalue weighted by Gasteiger charge is 1.90. The third kappa shape index (κ3) is 3.96. The molecule has 16 heavy (non-hydrogen) atoms. The van der Waals surface area contributed by atoms with Crippen molar-refractivity contribution in [2.75, 3.05) is 5.32 Å². The summed E-state index contributed by atoms with van der Waals surface area (Å²) < 4.78 is 0. The summed E-state index contributed by atoms with van der Waals surface area (Å²) in [6, 6.07) is 9.90. The van der Waals surface area contributed by atoms with Gasteiger partial charge in [-0.1, -0.05) is 30.9 Å². The van der Waals surface area contributed by atoms with E-state index in [0.29, 0.717) is 0 Å². The highest BCUT2D eigenvalue weighted by atomic mass is 14.9. The van der Waals surface area contributed by atoms with E-state index in [0.717, 1.165) is 17.1 Å². The number of nitrogens with zero attached hydrogens (tertiary/aromatic N) is 1. The van der Waals surface area contributed by atoms with Crippen LogP contribution in [0.1, 0.15) is 6.92 Å². The van der Waals surface area contributed by atoms with Gasteiger partial charge in [-0.2, -0.15) is 0 Å². The molecule has 0 spiro atoms. The van der Waals surface area contributed by atoms with Gasteiger partial charge in [0.15, 0.2) is 0 Å². The molecule has 1 N–H and O–H groups in total. The molecule has 0 amide bonds. The standard InChI is InChI=1S/C14H16N2/c1-4-13(15-3)11-10-12(2)16-14-8-6-5-7-9-14/h4-11,16H,2-3H2,1H3/b11-10-,13-4+. The number of hydrogen-bond acceptors (Lipinski definition) is 2. The van der Waals surface area contributed by atoms with Gasteiger partial charge in [-0.3, -0.25) is 4.99 Å². The number of aliphatic imine (C=N–C) groups is 1. The second kappa shape index (κ2) is 6.40. The van der Waals surface area contributed by atoms with Crippen LogP contribution < -0.4 is 5.32 Å². The highest BCUT2D eigenvalue weighted by Crippen LogP contribution is 2.09. The smallest absolute Gasteiger partial charge is 0.0580 e. The molecule has 1 aromatic carbocycles. The first-order valence-corrected chi connectivity index (χ1v) is 5.08. The van der Waals surface area contributed by atoms with Crippen molar-refractivity contribution >= 4 is 12.4 Å². The largest absolute Gasteiger partial charge is 0.356 e. The molecule has 0 atom stereocenters. The molecule has 0 fully saturated rings. The van der Waals surface area contributed by atoms with Gasteiger partial charge in [0.1, 0.15) is 0 Å². The van der Waals surface area contributed by atoms with E-state index < -0.39 is 0 Å². The van der Waals surface area contributed by atoms with E-state index >= 15 is 0 Å². The van der Waals surface area contributed by atoms with Gasteiger partial charge >= 0.3 is 0 Å². The summed E-state index contributed by atoms with van der Waals surface area (Å²) >= 11 is 0. The Morgan fingerprint density at radius 3 is 2.50 bits per heavy atom. The van der Waals surface area contributed by atoms with Crippen LogP contribution in [-0.4, -0.2) is 6.72 Å². The molecule has 2 nitrogen and oxygen atoms in total. The number of nitrogens with one attached hydrogen (secondary N) is 1. The molecular formula is C14H16N2. The van der Waals surface area contributed by atoms with Crippen LogP contribution in [0.25, 0.3) is 0 Å². The van der Waals surface area contributed by atoms with Crippen LogP contribution in [0.2, 0.25) is 0 Å². The number of rotatable bonds is 5. The lowest BCUT2D eigenvalue weighted by molar-refractivity contribution is 1.39. The van der Waals surface area contributed by atoms with Crippen molar-refractivity contribution in [1.82, 2.24) is 0 Å². The molecule has 0 bridgehead atoms. The van der Waals surface area contributed by atoms with Crippen LogP contribution in [0.5, 0.6) is 0 Å². The minimum absolute atomic E-state index is 0.814. The van der Waals surface area contributed by atoms with Crippen molar-refractivity contribution in [3.8, 4) is 0 Å². The fourth-order valence-corrected chi connectivity index (χ4v) is 1.17. The van der Waals surface area contributed by atoms with E-state index in [4.69, 9.17) is 0 Å². The second-order valence-corrected chi connectivity index (χ2v) is 3.22. The average molecular weight is 212 g/mol. The first-order valence-electron chi connectivity index (χ1n) is 5.08. The fourth-order valence-electron chi connectivity index (χ4n) is 1.17. The molecule has 1 aromatic rings. The van der Waals surface area contributed by atoms with Crippen molar-refractivity contribution in [3.05, 3.63) is 66.5 Å². The summed E-state index contributed by atoms with van der Waals surface area (Å²) in [6.07, 6.45) is 5.63. The van der Waals surface area contributed by atoms with Crippen molar-refractivity contribution in [2.24, 2.45) is 4.99 Å². The Labute approximate surface area is 96.7 Å². The minimum Gasteiger partial charge on any atom is -0.356 e. The van der Waals surface area contributed by atoms with Gasteiger partial charge in [0.2, 0.25) is 0 Å². The predicted molar refractivity (Wildman–Crippen MR) is 71.7 cm³/mol. The van der Waals surface area contributed by atoms with Crippen LogP contribution in [-0.2, 0) is 0 Å². The maximum Gasteiger partial charge on any atom is 0.0580 e. The Hall–Kier alpha value is -2.09. The number of benzene rings is 1. The number of hydrogen-bond donors (Lipinski definition) is 1. The average Bonchev–Trinajstić information content (AvgIpc) is 2.31. The van der Waals surface area contributed by atoms with Gasteiger partial charge < -0.3 is 5.32 Å². The molecule has 1 rings (SSSR count). The van der Waals surface area contributed by atoms with Gasteiger partial charge in [-0.25, -0.2) is 0 Å². The molecule has 0 aliphatic heterocycles. The maximum atomic E-state index is 3.90. The van der Waals surface area contributed by atoms with Gasteiger partial charge in [0.25, 0.3) is 0 Å². The molecule has 0 saturated heterocycles. The van der Waals surface area contributed by atoms with Crippen LogP contribution in [0.3, 0.4) is 0 Å². The van der Waals surface area contributed by atoms with Gasteiger partial charge in [-0.15, -0.1) is 0 Å². The summed E-state index contributed by atoms with van der Waals surface area (Å²) in [7, 11) is 0. The van der Waals surface area contributed by atoms with Crippen LogP contribution in [0.4, 0.5) is 5.69 Å². The summed E-state index contributed by atoms with van der Waals surface area (Å²) in [5.41, 5.74) is 2.66. The van der Waals surface area contributed by atoms with Crippen molar-refractivity contribution in [1.29, 1.82) is 0 Å². The lowest BCUT2D eigenvalue weighted by Gasteiger charge is -2.04. The number of anilines is 1. The van der Waals surface area contributed by atoms with E-state index in [9.17, 15) is 0 Å². The monoisotopic (exact) mass is 212 g/mol. The molecule has 0 aliphatic carbocycles. The molecular weight excluding hydrogens is 196 g/mol. The molecule has 0 heterocycles.